The maximum atomic E-state index is 13.1. The fraction of sp³-hybridized carbons (Fsp3) is 0.727. The van der Waals surface area contributed by atoms with Crippen LogP contribution in [0.25, 0.3) is 0 Å². The van der Waals surface area contributed by atoms with Crippen LogP contribution in [-0.4, -0.2) is 88.0 Å². The van der Waals surface area contributed by atoms with Crippen molar-refractivity contribution in [1.29, 1.82) is 0 Å². The van der Waals surface area contributed by atoms with Crippen molar-refractivity contribution in [1.82, 2.24) is 15.5 Å². The van der Waals surface area contributed by atoms with Crippen LogP contribution in [0.4, 0.5) is 0 Å². The standard InChI is InChI=1S/C22H39N7O7/c1-12(2)11-15(28-18(32)13(23)5-3-9-26-22(24)25)19(33)27-14(7-8-17(30)31)20(34)29-10-4-6-16(29)21(35)36/h12-16H,3-11,23H2,1-2H3,(H,27,33)(H,28,32)(H,30,31)(H,35,36)(H4,24,25,26). The molecule has 1 rings (SSSR count). The molecule has 10 N–H and O–H groups in total. The molecule has 0 aromatic rings. The number of likely N-dealkylation sites (tertiary alicyclic amines) is 1. The number of carboxylic acids is 2. The molecule has 0 saturated carbocycles. The molecule has 0 radical (unpaired) electrons. The Morgan fingerprint density at radius 3 is 2.22 bits per heavy atom. The first-order valence-electron chi connectivity index (χ1n) is 12.0. The molecule has 4 unspecified atom stereocenters. The molecule has 0 aliphatic carbocycles. The number of hydrogen-bond donors (Lipinski definition) is 7. The van der Waals surface area contributed by atoms with Gasteiger partial charge in [0.2, 0.25) is 17.7 Å². The van der Waals surface area contributed by atoms with Crippen molar-refractivity contribution in [3.63, 3.8) is 0 Å². The first-order valence-corrected chi connectivity index (χ1v) is 12.0. The molecule has 1 aliphatic rings. The smallest absolute Gasteiger partial charge is 0.326 e. The van der Waals surface area contributed by atoms with Crippen LogP contribution >= 0.6 is 0 Å². The summed E-state index contributed by atoms with van der Waals surface area (Å²) in [4.78, 5) is 66.4. The van der Waals surface area contributed by atoms with Crippen molar-refractivity contribution in [2.45, 2.75) is 83.0 Å². The number of aliphatic imine (C=N–C) groups is 1. The van der Waals surface area contributed by atoms with Crippen LogP contribution in [0.1, 0.15) is 58.8 Å². The molecule has 0 spiro atoms. The molecule has 1 heterocycles. The Labute approximate surface area is 210 Å². The van der Waals surface area contributed by atoms with Gasteiger partial charge in [0.25, 0.3) is 0 Å². The Morgan fingerprint density at radius 2 is 1.67 bits per heavy atom. The van der Waals surface area contributed by atoms with Crippen LogP contribution in [0.5, 0.6) is 0 Å². The zero-order valence-electron chi connectivity index (χ0n) is 20.8. The zero-order chi connectivity index (χ0) is 27.4. The highest BCUT2D eigenvalue weighted by Gasteiger charge is 2.38. The molecule has 14 heteroatoms. The van der Waals surface area contributed by atoms with E-state index in [0.29, 0.717) is 19.4 Å². The van der Waals surface area contributed by atoms with Crippen molar-refractivity contribution >= 4 is 35.6 Å². The average Bonchev–Trinajstić information content (AvgIpc) is 3.28. The predicted octanol–water partition coefficient (Wildman–Crippen LogP) is -1.68. The summed E-state index contributed by atoms with van der Waals surface area (Å²) in [6.07, 6.45) is 1.06. The minimum atomic E-state index is -1.26. The highest BCUT2D eigenvalue weighted by Crippen LogP contribution is 2.20. The summed E-state index contributed by atoms with van der Waals surface area (Å²) in [6.45, 7) is 4.17. The molecular weight excluding hydrogens is 474 g/mol. The van der Waals surface area contributed by atoms with Gasteiger partial charge in [0, 0.05) is 19.5 Å². The van der Waals surface area contributed by atoms with Gasteiger partial charge < -0.3 is 42.9 Å². The maximum absolute atomic E-state index is 13.1. The summed E-state index contributed by atoms with van der Waals surface area (Å²) in [5.41, 5.74) is 16.5. The predicted molar refractivity (Wildman–Crippen MR) is 130 cm³/mol. The second-order valence-corrected chi connectivity index (χ2v) is 9.27. The van der Waals surface area contributed by atoms with Crippen LogP contribution < -0.4 is 27.8 Å². The van der Waals surface area contributed by atoms with Crippen LogP contribution in [0.3, 0.4) is 0 Å². The second kappa shape index (κ2) is 14.9. The third kappa shape index (κ3) is 10.5. The Bertz CT molecular complexity index is 830. The second-order valence-electron chi connectivity index (χ2n) is 9.27. The fourth-order valence-corrected chi connectivity index (χ4v) is 3.92. The normalized spacial score (nSPS) is 17.7. The quantitative estimate of drug-likeness (QED) is 0.0744. The van der Waals surface area contributed by atoms with Crippen LogP contribution in [0.15, 0.2) is 4.99 Å². The summed E-state index contributed by atoms with van der Waals surface area (Å²) in [5, 5.41) is 23.6. The van der Waals surface area contributed by atoms with E-state index in [2.05, 4.69) is 15.6 Å². The molecule has 14 nitrogen and oxygen atoms in total. The largest absolute Gasteiger partial charge is 0.481 e. The minimum absolute atomic E-state index is 0.0118. The van der Waals surface area contributed by atoms with Gasteiger partial charge in [-0.15, -0.1) is 0 Å². The summed E-state index contributed by atoms with van der Waals surface area (Å²) in [7, 11) is 0. The average molecular weight is 514 g/mol. The van der Waals surface area contributed by atoms with Crippen LogP contribution in [0, 0.1) is 5.92 Å². The summed E-state index contributed by atoms with van der Waals surface area (Å²) >= 11 is 0. The summed E-state index contributed by atoms with van der Waals surface area (Å²) in [6, 6.07) is -4.25. The molecule has 1 aliphatic heterocycles. The molecule has 1 fully saturated rings. The van der Waals surface area contributed by atoms with E-state index >= 15 is 0 Å². The number of nitrogens with one attached hydrogen (secondary N) is 2. The van der Waals surface area contributed by atoms with E-state index < -0.39 is 60.2 Å². The number of aliphatic carboxylic acids is 2. The number of guanidine groups is 1. The van der Waals surface area contributed by atoms with E-state index in [0.717, 1.165) is 4.90 Å². The topological polar surface area (TPSA) is 244 Å². The Kier molecular flexibility index (Phi) is 12.6. The van der Waals surface area contributed by atoms with Gasteiger partial charge in [0.05, 0.1) is 6.04 Å². The lowest BCUT2D eigenvalue weighted by Gasteiger charge is -2.29. The monoisotopic (exact) mass is 513 g/mol. The highest BCUT2D eigenvalue weighted by molar-refractivity contribution is 5.94. The fourth-order valence-electron chi connectivity index (χ4n) is 3.92. The van der Waals surface area contributed by atoms with E-state index in [-0.39, 0.29) is 44.1 Å². The maximum Gasteiger partial charge on any atom is 0.326 e. The summed E-state index contributed by atoms with van der Waals surface area (Å²) < 4.78 is 0. The first-order chi connectivity index (χ1) is 16.8. The van der Waals surface area contributed by atoms with Gasteiger partial charge in [0.1, 0.15) is 18.1 Å². The van der Waals surface area contributed by atoms with E-state index in [9.17, 15) is 29.1 Å². The molecule has 0 aromatic carbocycles. The first kappa shape index (κ1) is 30.6. The highest BCUT2D eigenvalue weighted by atomic mass is 16.4. The SMILES string of the molecule is CC(C)CC(NC(=O)C(N)CCCN=C(N)N)C(=O)NC(CCC(=O)O)C(=O)N1CCCC1C(=O)O. The van der Waals surface area contributed by atoms with E-state index in [1.54, 1.807) is 0 Å². The number of hydrogen-bond acceptors (Lipinski definition) is 7. The number of carbonyl (C=O) groups excluding carboxylic acids is 3. The van der Waals surface area contributed by atoms with Crippen molar-refractivity contribution < 1.29 is 34.2 Å². The van der Waals surface area contributed by atoms with Crippen molar-refractivity contribution in [2.24, 2.45) is 28.1 Å². The molecule has 1 saturated heterocycles. The van der Waals surface area contributed by atoms with E-state index in [1.165, 1.54) is 0 Å². The van der Waals surface area contributed by atoms with E-state index in [1.807, 2.05) is 13.8 Å². The number of carbonyl (C=O) groups is 5. The van der Waals surface area contributed by atoms with Crippen molar-refractivity contribution in [3.05, 3.63) is 0 Å². The van der Waals surface area contributed by atoms with Gasteiger partial charge in [-0.1, -0.05) is 13.8 Å². The molecule has 36 heavy (non-hydrogen) atoms. The zero-order valence-corrected chi connectivity index (χ0v) is 20.8. The van der Waals surface area contributed by atoms with E-state index in [4.69, 9.17) is 22.3 Å². The van der Waals surface area contributed by atoms with Crippen molar-refractivity contribution in [2.75, 3.05) is 13.1 Å². The lowest BCUT2D eigenvalue weighted by Crippen LogP contribution is -2.57. The number of amides is 3. The number of nitrogens with two attached hydrogens (primary N) is 3. The lowest BCUT2D eigenvalue weighted by molar-refractivity contribution is -0.150. The molecule has 0 aromatic heterocycles. The van der Waals surface area contributed by atoms with Crippen LogP contribution in [0.2, 0.25) is 0 Å². The van der Waals surface area contributed by atoms with Crippen LogP contribution in [-0.2, 0) is 24.0 Å². The third-order valence-electron chi connectivity index (χ3n) is 5.73. The summed E-state index contributed by atoms with van der Waals surface area (Å²) in [5.74, 6) is -4.33. The third-order valence-corrected chi connectivity index (χ3v) is 5.73. The number of nitrogens with zero attached hydrogens (tertiary/aromatic N) is 2. The van der Waals surface area contributed by atoms with Gasteiger partial charge in [-0.25, -0.2) is 4.79 Å². The lowest BCUT2D eigenvalue weighted by atomic mass is 10.0. The van der Waals surface area contributed by atoms with Gasteiger partial charge in [-0.3, -0.25) is 24.2 Å². The number of rotatable bonds is 15. The Balaban J connectivity index is 2.94. The van der Waals surface area contributed by atoms with Gasteiger partial charge in [-0.2, -0.15) is 0 Å². The molecular formula is C22H39N7O7. The van der Waals surface area contributed by atoms with Gasteiger partial charge in [0.15, 0.2) is 5.96 Å². The molecule has 0 bridgehead atoms. The van der Waals surface area contributed by atoms with Gasteiger partial charge >= 0.3 is 11.9 Å². The molecule has 3 amide bonds. The number of carboxylic acid groups (broad SMARTS) is 2. The Hall–Kier alpha value is -3.42. The minimum Gasteiger partial charge on any atom is -0.481 e. The van der Waals surface area contributed by atoms with Gasteiger partial charge in [-0.05, 0) is 44.4 Å². The molecule has 4 atom stereocenters. The van der Waals surface area contributed by atoms with Crippen molar-refractivity contribution in [3.8, 4) is 0 Å². The molecule has 204 valence electrons. The Morgan fingerprint density at radius 1 is 1.03 bits per heavy atom.